The third-order valence-corrected chi connectivity index (χ3v) is 1.58. The van der Waals surface area contributed by atoms with Crippen LogP contribution in [0, 0.1) is 0 Å². The smallest absolute Gasteiger partial charge is 0.0884 e. The molecule has 1 aromatic heterocycles. The highest BCUT2D eigenvalue weighted by atomic mass is 15.2. The molecule has 56 valence electrons. The molecule has 4 heteroatoms. The fourth-order valence-corrected chi connectivity index (χ4v) is 1.02. The van der Waals surface area contributed by atoms with Crippen molar-refractivity contribution in [2.75, 3.05) is 0 Å². The highest BCUT2D eigenvalue weighted by Gasteiger charge is 2.05. The van der Waals surface area contributed by atoms with Crippen LogP contribution in [0.1, 0.15) is 18.5 Å². The predicted molar refractivity (Wildman–Crippen MR) is 42.9 cm³/mol. The van der Waals surface area contributed by atoms with E-state index in [0.29, 0.717) is 0 Å². The standard InChI is InChI=1S/C7H8N4/c1-2-6(10-8-4-1)7-3-5-9-11-7/h3-5H,1-2H2,(H,9,11). The van der Waals surface area contributed by atoms with E-state index in [0.717, 1.165) is 24.2 Å². The molecule has 0 saturated heterocycles. The molecule has 0 amide bonds. The minimum atomic E-state index is 0.950. The molecular weight excluding hydrogens is 140 g/mol. The Morgan fingerprint density at radius 1 is 1.45 bits per heavy atom. The SMILES string of the molecule is C1=NN=C(c2ccn[nH]2)CC1. The summed E-state index contributed by atoms with van der Waals surface area (Å²) in [5.41, 5.74) is 1.96. The van der Waals surface area contributed by atoms with E-state index < -0.39 is 0 Å². The van der Waals surface area contributed by atoms with Gasteiger partial charge in [0.2, 0.25) is 0 Å². The van der Waals surface area contributed by atoms with E-state index in [1.54, 1.807) is 6.20 Å². The topological polar surface area (TPSA) is 53.4 Å². The van der Waals surface area contributed by atoms with Crippen LogP contribution in [0.15, 0.2) is 22.5 Å². The van der Waals surface area contributed by atoms with Crippen molar-refractivity contribution in [3.05, 3.63) is 18.0 Å². The Morgan fingerprint density at radius 2 is 2.45 bits per heavy atom. The molecule has 0 fully saturated rings. The molecule has 0 saturated carbocycles. The van der Waals surface area contributed by atoms with Gasteiger partial charge in [-0.3, -0.25) is 5.10 Å². The molecule has 0 aliphatic carbocycles. The van der Waals surface area contributed by atoms with Crippen molar-refractivity contribution in [3.8, 4) is 0 Å². The molecule has 1 N–H and O–H groups in total. The van der Waals surface area contributed by atoms with Crippen molar-refractivity contribution in [3.63, 3.8) is 0 Å². The first-order valence-corrected chi connectivity index (χ1v) is 3.55. The lowest BCUT2D eigenvalue weighted by molar-refractivity contribution is 1.02. The number of rotatable bonds is 1. The van der Waals surface area contributed by atoms with Crippen molar-refractivity contribution in [1.29, 1.82) is 0 Å². The van der Waals surface area contributed by atoms with Gasteiger partial charge in [-0.05, 0) is 18.9 Å². The van der Waals surface area contributed by atoms with Gasteiger partial charge in [0.25, 0.3) is 0 Å². The van der Waals surface area contributed by atoms with E-state index in [-0.39, 0.29) is 0 Å². The van der Waals surface area contributed by atoms with Gasteiger partial charge in [-0.25, -0.2) is 0 Å². The number of H-pyrrole nitrogens is 1. The van der Waals surface area contributed by atoms with Gasteiger partial charge >= 0.3 is 0 Å². The minimum absolute atomic E-state index is 0.950. The Bertz CT molecular complexity index is 283. The van der Waals surface area contributed by atoms with Crippen molar-refractivity contribution in [1.82, 2.24) is 10.2 Å². The molecule has 11 heavy (non-hydrogen) atoms. The maximum absolute atomic E-state index is 3.99. The van der Waals surface area contributed by atoms with Crippen molar-refractivity contribution in [2.24, 2.45) is 10.2 Å². The molecule has 0 unspecified atom stereocenters. The molecule has 4 nitrogen and oxygen atoms in total. The third-order valence-electron chi connectivity index (χ3n) is 1.58. The maximum Gasteiger partial charge on any atom is 0.0884 e. The van der Waals surface area contributed by atoms with E-state index in [4.69, 9.17) is 0 Å². The molecule has 0 atom stereocenters. The van der Waals surface area contributed by atoms with Crippen LogP contribution in [0.3, 0.4) is 0 Å². The summed E-state index contributed by atoms with van der Waals surface area (Å²) in [5, 5.41) is 14.5. The second-order valence-electron chi connectivity index (χ2n) is 2.35. The molecule has 1 aliphatic heterocycles. The van der Waals surface area contributed by atoms with Crippen LogP contribution in [0.4, 0.5) is 0 Å². The highest BCUT2D eigenvalue weighted by molar-refractivity contribution is 6.00. The van der Waals surface area contributed by atoms with Crippen LogP contribution < -0.4 is 0 Å². The average molecular weight is 148 g/mol. The minimum Gasteiger partial charge on any atom is -0.277 e. The van der Waals surface area contributed by atoms with Crippen LogP contribution in [0.2, 0.25) is 0 Å². The zero-order chi connectivity index (χ0) is 7.52. The summed E-state index contributed by atoms with van der Waals surface area (Å²) in [7, 11) is 0. The van der Waals surface area contributed by atoms with Gasteiger partial charge in [-0.15, -0.1) is 0 Å². The third kappa shape index (κ3) is 1.19. The summed E-state index contributed by atoms with van der Waals surface area (Å²) in [6.45, 7) is 0. The van der Waals surface area contributed by atoms with Crippen molar-refractivity contribution < 1.29 is 0 Å². The molecule has 0 spiro atoms. The number of hydrogen-bond acceptors (Lipinski definition) is 3. The Labute approximate surface area is 64.0 Å². The lowest BCUT2D eigenvalue weighted by Crippen LogP contribution is -2.04. The van der Waals surface area contributed by atoms with E-state index in [1.165, 1.54) is 0 Å². The summed E-state index contributed by atoms with van der Waals surface area (Å²) >= 11 is 0. The van der Waals surface area contributed by atoms with Gasteiger partial charge in [0.1, 0.15) is 0 Å². The monoisotopic (exact) mass is 148 g/mol. The van der Waals surface area contributed by atoms with E-state index >= 15 is 0 Å². The van der Waals surface area contributed by atoms with Crippen LogP contribution in [-0.4, -0.2) is 22.1 Å². The number of nitrogens with one attached hydrogen (secondary N) is 1. The summed E-state index contributed by atoms with van der Waals surface area (Å²) in [4.78, 5) is 0. The Morgan fingerprint density at radius 3 is 3.09 bits per heavy atom. The van der Waals surface area contributed by atoms with Gasteiger partial charge in [0.05, 0.1) is 11.4 Å². The lowest BCUT2D eigenvalue weighted by Gasteiger charge is -2.02. The summed E-state index contributed by atoms with van der Waals surface area (Å²) in [6, 6.07) is 1.90. The molecule has 2 heterocycles. The zero-order valence-corrected chi connectivity index (χ0v) is 5.99. The second-order valence-corrected chi connectivity index (χ2v) is 2.35. The van der Waals surface area contributed by atoms with Crippen LogP contribution >= 0.6 is 0 Å². The van der Waals surface area contributed by atoms with E-state index in [1.807, 2.05) is 12.3 Å². The van der Waals surface area contributed by atoms with Crippen molar-refractivity contribution in [2.45, 2.75) is 12.8 Å². The number of hydrogen-bond donors (Lipinski definition) is 1. The maximum atomic E-state index is 3.99. The summed E-state index contributed by atoms with van der Waals surface area (Å²) < 4.78 is 0. The second kappa shape index (κ2) is 2.65. The Balaban J connectivity index is 2.29. The Hall–Kier alpha value is -1.45. The zero-order valence-electron chi connectivity index (χ0n) is 5.99. The first-order chi connectivity index (χ1) is 5.47. The summed E-state index contributed by atoms with van der Waals surface area (Å²) in [5.74, 6) is 0. The fraction of sp³-hybridized carbons (Fsp3) is 0.286. The van der Waals surface area contributed by atoms with Gasteiger partial charge < -0.3 is 0 Å². The number of nitrogens with zero attached hydrogens (tertiary/aromatic N) is 3. The van der Waals surface area contributed by atoms with Crippen LogP contribution in [0.25, 0.3) is 0 Å². The molecule has 1 aliphatic rings. The predicted octanol–water partition coefficient (Wildman–Crippen LogP) is 0.978. The van der Waals surface area contributed by atoms with Gasteiger partial charge in [-0.2, -0.15) is 15.3 Å². The Kier molecular flexibility index (Phi) is 1.51. The van der Waals surface area contributed by atoms with Crippen LogP contribution in [-0.2, 0) is 0 Å². The molecule has 0 bridgehead atoms. The average Bonchev–Trinajstić information content (AvgIpc) is 2.58. The molecule has 1 aromatic rings. The first kappa shape index (κ1) is 6.27. The quantitative estimate of drug-likeness (QED) is 0.634. The van der Waals surface area contributed by atoms with E-state index in [2.05, 4.69) is 20.4 Å². The molecule has 0 radical (unpaired) electrons. The normalized spacial score (nSPS) is 16.5. The fourth-order valence-electron chi connectivity index (χ4n) is 1.02. The van der Waals surface area contributed by atoms with Gasteiger partial charge in [0.15, 0.2) is 0 Å². The lowest BCUT2D eigenvalue weighted by atomic mass is 10.1. The van der Waals surface area contributed by atoms with Gasteiger partial charge in [0, 0.05) is 12.4 Å². The van der Waals surface area contributed by atoms with Crippen LogP contribution in [0.5, 0.6) is 0 Å². The van der Waals surface area contributed by atoms with Gasteiger partial charge in [-0.1, -0.05) is 0 Å². The first-order valence-electron chi connectivity index (χ1n) is 3.55. The largest absolute Gasteiger partial charge is 0.277 e. The van der Waals surface area contributed by atoms with Crippen molar-refractivity contribution >= 4 is 11.9 Å². The summed E-state index contributed by atoms with van der Waals surface area (Å²) in [6.07, 6.45) is 5.46. The van der Waals surface area contributed by atoms with E-state index in [9.17, 15) is 0 Å². The number of aromatic nitrogens is 2. The number of aromatic amines is 1. The molecular formula is C7H8N4. The molecule has 2 rings (SSSR count). The molecule has 0 aromatic carbocycles. The highest BCUT2D eigenvalue weighted by Crippen LogP contribution is 2.05.